The molecule has 0 radical (unpaired) electrons. The number of carbonyl (C=O) groups is 1. The number of hydrogen-bond acceptors (Lipinski definition) is 2. The molecule has 1 N–H and O–H groups in total. The maximum atomic E-state index is 12.9. The summed E-state index contributed by atoms with van der Waals surface area (Å²) in [6.45, 7) is 3.82. The number of halogens is 1. The molecule has 1 aromatic rings. The Bertz CT molecular complexity index is 341. The summed E-state index contributed by atoms with van der Waals surface area (Å²) in [7, 11) is 0. The minimum Gasteiger partial charge on any atom is -0.450 e. The Morgan fingerprint density at radius 1 is 1.60 bits per heavy atom. The first-order chi connectivity index (χ1) is 7.13. The van der Waals surface area contributed by atoms with E-state index in [-0.39, 0.29) is 11.9 Å². The van der Waals surface area contributed by atoms with Gasteiger partial charge in [-0.3, -0.25) is 0 Å². The highest BCUT2D eigenvalue weighted by Crippen LogP contribution is 2.13. The van der Waals surface area contributed by atoms with Gasteiger partial charge in [0.2, 0.25) is 0 Å². The highest BCUT2D eigenvalue weighted by Gasteiger charge is 2.09. The molecule has 0 saturated carbocycles. The summed E-state index contributed by atoms with van der Waals surface area (Å²) in [5, 5.41) is 2.60. The Balaban J connectivity index is 2.60. The van der Waals surface area contributed by atoms with Crippen LogP contribution in [0.5, 0.6) is 0 Å². The molecule has 0 aliphatic carbocycles. The van der Waals surface area contributed by atoms with Crippen molar-refractivity contribution in [2.75, 3.05) is 6.61 Å². The van der Waals surface area contributed by atoms with E-state index < -0.39 is 6.09 Å². The summed E-state index contributed by atoms with van der Waals surface area (Å²) in [6, 6.07) is 5.84. The lowest BCUT2D eigenvalue weighted by Gasteiger charge is -2.13. The molecule has 0 unspecified atom stereocenters. The Labute approximate surface area is 88.2 Å². The fraction of sp³-hybridized carbons (Fsp3) is 0.364. The van der Waals surface area contributed by atoms with E-state index in [4.69, 9.17) is 4.74 Å². The monoisotopic (exact) mass is 211 g/mol. The zero-order valence-corrected chi connectivity index (χ0v) is 8.79. The zero-order valence-electron chi connectivity index (χ0n) is 8.79. The van der Waals surface area contributed by atoms with Gasteiger partial charge in [-0.2, -0.15) is 0 Å². The molecule has 0 aromatic heterocycles. The summed E-state index contributed by atoms with van der Waals surface area (Å²) in [4.78, 5) is 11.1. The zero-order chi connectivity index (χ0) is 11.3. The molecule has 82 valence electrons. The van der Waals surface area contributed by atoms with Crippen molar-refractivity contribution in [3.63, 3.8) is 0 Å². The van der Waals surface area contributed by atoms with Crippen LogP contribution in [-0.4, -0.2) is 12.7 Å². The second-order valence-electron chi connectivity index (χ2n) is 3.14. The van der Waals surface area contributed by atoms with Crippen LogP contribution in [0.1, 0.15) is 25.5 Å². The van der Waals surface area contributed by atoms with Crippen molar-refractivity contribution in [3.8, 4) is 0 Å². The van der Waals surface area contributed by atoms with E-state index in [1.54, 1.807) is 26.0 Å². The molecule has 4 heteroatoms. The number of nitrogens with one attached hydrogen (secondary N) is 1. The third-order valence-electron chi connectivity index (χ3n) is 1.96. The van der Waals surface area contributed by atoms with E-state index in [0.717, 1.165) is 0 Å². The Morgan fingerprint density at radius 3 is 2.93 bits per heavy atom. The number of carbonyl (C=O) groups excluding carboxylic acids is 1. The van der Waals surface area contributed by atoms with Crippen LogP contribution in [0.25, 0.3) is 0 Å². The van der Waals surface area contributed by atoms with Crippen molar-refractivity contribution in [1.82, 2.24) is 5.32 Å². The highest BCUT2D eigenvalue weighted by molar-refractivity contribution is 5.67. The average Bonchev–Trinajstić information content (AvgIpc) is 2.18. The predicted octanol–water partition coefficient (Wildman–Crippen LogP) is 2.63. The van der Waals surface area contributed by atoms with Crippen molar-refractivity contribution in [3.05, 3.63) is 35.6 Å². The summed E-state index contributed by atoms with van der Waals surface area (Å²) in [5.41, 5.74) is 0.711. The van der Waals surface area contributed by atoms with Crippen LogP contribution in [0, 0.1) is 5.82 Å². The lowest BCUT2D eigenvalue weighted by molar-refractivity contribution is 0.149. The van der Waals surface area contributed by atoms with E-state index in [1.165, 1.54) is 12.1 Å². The van der Waals surface area contributed by atoms with Crippen LogP contribution in [0.3, 0.4) is 0 Å². The molecule has 0 spiro atoms. The molecule has 0 fully saturated rings. The first-order valence-corrected chi connectivity index (χ1v) is 4.82. The molecule has 1 aromatic carbocycles. The third kappa shape index (κ3) is 3.58. The number of benzene rings is 1. The molecule has 3 nitrogen and oxygen atoms in total. The number of amides is 1. The van der Waals surface area contributed by atoms with E-state index in [9.17, 15) is 9.18 Å². The van der Waals surface area contributed by atoms with Crippen LogP contribution in [-0.2, 0) is 4.74 Å². The normalized spacial score (nSPS) is 11.9. The molecule has 0 bridgehead atoms. The fourth-order valence-electron chi connectivity index (χ4n) is 1.21. The highest BCUT2D eigenvalue weighted by atomic mass is 19.1. The molecular formula is C11H14FNO2. The minimum atomic E-state index is -0.491. The fourth-order valence-corrected chi connectivity index (χ4v) is 1.21. The molecule has 1 atom stereocenters. The van der Waals surface area contributed by atoms with Crippen LogP contribution >= 0.6 is 0 Å². The van der Waals surface area contributed by atoms with Crippen molar-refractivity contribution < 1.29 is 13.9 Å². The van der Waals surface area contributed by atoms with Crippen LogP contribution in [0.2, 0.25) is 0 Å². The van der Waals surface area contributed by atoms with Gasteiger partial charge >= 0.3 is 6.09 Å². The lowest BCUT2D eigenvalue weighted by Crippen LogP contribution is -2.27. The largest absolute Gasteiger partial charge is 0.450 e. The van der Waals surface area contributed by atoms with Gasteiger partial charge in [0, 0.05) is 0 Å². The predicted molar refractivity (Wildman–Crippen MR) is 55.0 cm³/mol. The van der Waals surface area contributed by atoms with Crippen LogP contribution in [0.4, 0.5) is 9.18 Å². The first kappa shape index (κ1) is 11.5. The Hall–Kier alpha value is -1.58. The molecule has 0 heterocycles. The maximum absolute atomic E-state index is 12.9. The van der Waals surface area contributed by atoms with E-state index in [1.807, 2.05) is 0 Å². The summed E-state index contributed by atoms with van der Waals surface area (Å²) >= 11 is 0. The SMILES string of the molecule is CCOC(=O)N[C@H](C)c1cccc(F)c1. The average molecular weight is 211 g/mol. The molecule has 0 saturated heterocycles. The Kier molecular flexibility index (Phi) is 4.09. The smallest absolute Gasteiger partial charge is 0.407 e. The van der Waals surface area contributed by atoms with Gasteiger partial charge in [-0.15, -0.1) is 0 Å². The van der Waals surface area contributed by atoms with Gasteiger partial charge < -0.3 is 10.1 Å². The second-order valence-corrected chi connectivity index (χ2v) is 3.14. The molecule has 1 rings (SSSR count). The molecule has 0 aliphatic heterocycles. The third-order valence-corrected chi connectivity index (χ3v) is 1.96. The number of rotatable bonds is 3. The van der Waals surface area contributed by atoms with Crippen LogP contribution < -0.4 is 5.32 Å². The molecular weight excluding hydrogens is 197 g/mol. The lowest BCUT2D eigenvalue weighted by atomic mass is 10.1. The Morgan fingerprint density at radius 2 is 2.33 bits per heavy atom. The number of hydrogen-bond donors (Lipinski definition) is 1. The van der Waals surface area contributed by atoms with E-state index in [2.05, 4.69) is 5.32 Å². The van der Waals surface area contributed by atoms with Crippen molar-refractivity contribution >= 4 is 6.09 Å². The molecule has 0 aliphatic rings. The van der Waals surface area contributed by atoms with Gasteiger partial charge in [0.1, 0.15) is 5.82 Å². The van der Waals surface area contributed by atoms with E-state index in [0.29, 0.717) is 12.2 Å². The summed E-state index contributed by atoms with van der Waals surface area (Å²) in [6.07, 6.45) is -0.491. The van der Waals surface area contributed by atoms with Crippen molar-refractivity contribution in [2.45, 2.75) is 19.9 Å². The van der Waals surface area contributed by atoms with Crippen molar-refractivity contribution in [2.24, 2.45) is 0 Å². The summed E-state index contributed by atoms with van der Waals surface area (Å²) < 4.78 is 17.6. The van der Waals surface area contributed by atoms with Crippen molar-refractivity contribution in [1.29, 1.82) is 0 Å². The van der Waals surface area contributed by atoms with Gasteiger partial charge in [-0.25, -0.2) is 9.18 Å². The quantitative estimate of drug-likeness (QED) is 0.834. The van der Waals surface area contributed by atoms with Gasteiger partial charge in [0.05, 0.1) is 12.6 Å². The standard InChI is InChI=1S/C11H14FNO2/c1-3-15-11(14)13-8(2)9-5-4-6-10(12)7-9/h4-8H,3H2,1-2H3,(H,13,14)/t8-/m1/s1. The van der Waals surface area contributed by atoms with Gasteiger partial charge in [0.15, 0.2) is 0 Å². The molecule has 1 amide bonds. The van der Waals surface area contributed by atoms with Gasteiger partial charge in [-0.1, -0.05) is 12.1 Å². The summed E-state index contributed by atoms with van der Waals surface area (Å²) in [5.74, 6) is -0.315. The number of ether oxygens (including phenoxy) is 1. The first-order valence-electron chi connectivity index (χ1n) is 4.82. The molecule has 15 heavy (non-hydrogen) atoms. The maximum Gasteiger partial charge on any atom is 0.407 e. The van der Waals surface area contributed by atoms with Gasteiger partial charge in [-0.05, 0) is 31.5 Å². The van der Waals surface area contributed by atoms with Crippen LogP contribution in [0.15, 0.2) is 24.3 Å². The topological polar surface area (TPSA) is 38.3 Å². The van der Waals surface area contributed by atoms with E-state index >= 15 is 0 Å². The minimum absolute atomic E-state index is 0.264. The van der Waals surface area contributed by atoms with Gasteiger partial charge in [0.25, 0.3) is 0 Å². The number of alkyl carbamates (subject to hydrolysis) is 1. The second kappa shape index (κ2) is 5.34.